The summed E-state index contributed by atoms with van der Waals surface area (Å²) in [5.41, 5.74) is 0.871. The number of likely N-dealkylation sites (N-methyl/N-ethyl adjacent to an activating group) is 1. The van der Waals surface area contributed by atoms with Crippen LogP contribution in [-0.2, 0) is 11.3 Å². The highest BCUT2D eigenvalue weighted by Crippen LogP contribution is 2.11. The molecule has 0 saturated carbocycles. The second-order valence-electron chi connectivity index (χ2n) is 5.92. The Morgan fingerprint density at radius 2 is 2.08 bits per heavy atom. The van der Waals surface area contributed by atoms with Crippen LogP contribution in [0.25, 0.3) is 10.9 Å². The Morgan fingerprint density at radius 3 is 2.73 bits per heavy atom. The van der Waals surface area contributed by atoms with Crippen molar-refractivity contribution >= 4 is 29.0 Å². The lowest BCUT2D eigenvalue weighted by atomic mass is 10.1. The van der Waals surface area contributed by atoms with Gasteiger partial charge in [-0.1, -0.05) is 13.8 Å². The molecule has 0 spiro atoms. The predicted molar refractivity (Wildman–Crippen MR) is 105 cm³/mol. The average molecular weight is 378 g/mol. The second-order valence-corrected chi connectivity index (χ2v) is 6.31. The first kappa shape index (κ1) is 20.3. The van der Waals surface area contributed by atoms with Gasteiger partial charge >= 0.3 is 0 Å². The molecule has 1 amide bonds. The molecule has 0 aliphatic heterocycles. The Bertz CT molecular complexity index is 871. The molecule has 0 unspecified atom stereocenters. The summed E-state index contributed by atoms with van der Waals surface area (Å²) >= 11 is 5.26. The van der Waals surface area contributed by atoms with Crippen LogP contribution in [0.1, 0.15) is 24.2 Å². The molecule has 0 aliphatic carbocycles. The van der Waals surface area contributed by atoms with Crippen molar-refractivity contribution in [2.45, 2.75) is 20.4 Å². The minimum atomic E-state index is -0.186. The molecule has 0 radical (unpaired) electrons. The van der Waals surface area contributed by atoms with Crippen molar-refractivity contribution in [3.05, 3.63) is 38.9 Å². The Labute approximate surface area is 158 Å². The van der Waals surface area contributed by atoms with Crippen LogP contribution in [-0.4, -0.2) is 60.3 Å². The third kappa shape index (κ3) is 4.78. The molecule has 0 bridgehead atoms. The molecule has 0 fully saturated rings. The van der Waals surface area contributed by atoms with Crippen LogP contribution in [0.15, 0.2) is 23.0 Å². The van der Waals surface area contributed by atoms with Gasteiger partial charge in [-0.25, -0.2) is 0 Å². The van der Waals surface area contributed by atoms with Crippen molar-refractivity contribution < 1.29 is 9.53 Å². The first-order valence-corrected chi connectivity index (χ1v) is 9.19. The predicted octanol–water partition coefficient (Wildman–Crippen LogP) is 1.78. The van der Waals surface area contributed by atoms with Gasteiger partial charge in [-0.3, -0.25) is 14.2 Å². The van der Waals surface area contributed by atoms with Gasteiger partial charge in [0, 0.05) is 25.8 Å². The largest absolute Gasteiger partial charge is 0.383 e. The summed E-state index contributed by atoms with van der Waals surface area (Å²) in [4.78, 5) is 30.2. The Hall–Kier alpha value is -2.03. The highest BCUT2D eigenvalue weighted by molar-refractivity contribution is 7.71. The number of aromatic amines is 1. The maximum absolute atomic E-state index is 12.6. The Balaban J connectivity index is 2.19. The summed E-state index contributed by atoms with van der Waals surface area (Å²) in [6.07, 6.45) is 0. The minimum absolute atomic E-state index is 0.165. The maximum atomic E-state index is 12.6. The van der Waals surface area contributed by atoms with E-state index in [9.17, 15) is 9.59 Å². The molecule has 7 nitrogen and oxygen atoms in total. The van der Waals surface area contributed by atoms with Gasteiger partial charge in [0.15, 0.2) is 4.77 Å². The lowest BCUT2D eigenvalue weighted by Gasteiger charge is -2.18. The van der Waals surface area contributed by atoms with Gasteiger partial charge in [0.1, 0.15) is 0 Å². The zero-order chi connectivity index (χ0) is 19.1. The van der Waals surface area contributed by atoms with Crippen molar-refractivity contribution in [2.75, 3.05) is 39.9 Å². The van der Waals surface area contributed by atoms with Crippen molar-refractivity contribution in [3.8, 4) is 0 Å². The van der Waals surface area contributed by atoms with Crippen LogP contribution in [0.5, 0.6) is 0 Å². The quantitative estimate of drug-likeness (QED) is 0.650. The molecule has 2 rings (SSSR count). The zero-order valence-corrected chi connectivity index (χ0v) is 16.3. The number of hydrogen-bond acceptors (Lipinski definition) is 5. The third-order valence-electron chi connectivity index (χ3n) is 4.37. The van der Waals surface area contributed by atoms with Crippen molar-refractivity contribution in [1.29, 1.82) is 0 Å². The van der Waals surface area contributed by atoms with Gasteiger partial charge in [0.05, 0.1) is 24.1 Å². The van der Waals surface area contributed by atoms with E-state index in [0.29, 0.717) is 40.9 Å². The first-order valence-electron chi connectivity index (χ1n) is 8.78. The maximum Gasteiger partial charge on any atom is 0.262 e. The summed E-state index contributed by atoms with van der Waals surface area (Å²) in [7, 11) is 1.57. The molecule has 2 aromatic rings. The number of aromatic nitrogens is 2. The van der Waals surface area contributed by atoms with Gasteiger partial charge in [-0.05, 0) is 43.5 Å². The molecule has 8 heteroatoms. The normalized spacial score (nSPS) is 11.2. The summed E-state index contributed by atoms with van der Waals surface area (Å²) in [6, 6.07) is 4.99. The number of ether oxygens (including phenoxy) is 1. The third-order valence-corrected chi connectivity index (χ3v) is 4.69. The van der Waals surface area contributed by atoms with Crippen molar-refractivity contribution in [2.24, 2.45) is 0 Å². The van der Waals surface area contributed by atoms with Crippen molar-refractivity contribution in [1.82, 2.24) is 19.8 Å². The summed E-state index contributed by atoms with van der Waals surface area (Å²) in [5.74, 6) is -0.165. The smallest absolute Gasteiger partial charge is 0.262 e. The van der Waals surface area contributed by atoms with E-state index in [1.807, 2.05) is 0 Å². The van der Waals surface area contributed by atoms with E-state index in [1.54, 1.807) is 25.3 Å². The molecule has 1 aromatic carbocycles. The van der Waals surface area contributed by atoms with E-state index >= 15 is 0 Å². The number of nitrogens with zero attached hydrogens (tertiary/aromatic N) is 2. The number of amides is 1. The number of H-pyrrole nitrogens is 1. The zero-order valence-electron chi connectivity index (χ0n) is 15.5. The standard InChI is InChI=1S/C18H26N4O3S/c1-4-21(5-2)9-8-19-16(23)13-6-7-14-15(12-13)20-18(26)22(17(14)24)10-11-25-3/h6-7,12H,4-5,8-11H2,1-3H3,(H,19,23)(H,20,26). The topological polar surface area (TPSA) is 79.4 Å². The number of fused-ring (bicyclic) bond motifs is 1. The van der Waals surface area contributed by atoms with E-state index in [4.69, 9.17) is 17.0 Å². The van der Waals surface area contributed by atoms with Crippen LogP contribution in [0.2, 0.25) is 0 Å². The lowest BCUT2D eigenvalue weighted by molar-refractivity contribution is 0.0949. The number of carbonyl (C=O) groups excluding carboxylic acids is 1. The molecule has 1 heterocycles. The minimum Gasteiger partial charge on any atom is -0.383 e. The van der Waals surface area contributed by atoms with Crippen LogP contribution < -0.4 is 10.9 Å². The lowest BCUT2D eigenvalue weighted by Crippen LogP contribution is -2.34. The number of carbonyl (C=O) groups is 1. The molecule has 0 atom stereocenters. The van der Waals surface area contributed by atoms with E-state index in [2.05, 4.69) is 29.0 Å². The summed E-state index contributed by atoms with van der Waals surface area (Å²) < 4.78 is 6.79. The molecule has 1 aromatic heterocycles. The SMILES string of the molecule is CCN(CC)CCNC(=O)c1ccc2c(=O)n(CCOC)c(=S)[nH]c2c1. The van der Waals surface area contributed by atoms with Crippen molar-refractivity contribution in [3.63, 3.8) is 0 Å². The number of benzene rings is 1. The molecule has 0 aliphatic rings. The fourth-order valence-electron chi connectivity index (χ4n) is 2.75. The first-order chi connectivity index (χ1) is 12.5. The molecule has 2 N–H and O–H groups in total. The van der Waals surface area contributed by atoms with E-state index in [-0.39, 0.29) is 11.5 Å². The fourth-order valence-corrected chi connectivity index (χ4v) is 3.03. The van der Waals surface area contributed by atoms with Gasteiger partial charge in [-0.2, -0.15) is 0 Å². The van der Waals surface area contributed by atoms with Crippen LogP contribution >= 0.6 is 12.2 Å². The van der Waals surface area contributed by atoms with E-state index in [0.717, 1.165) is 19.6 Å². The monoisotopic (exact) mass is 378 g/mol. The van der Waals surface area contributed by atoms with E-state index in [1.165, 1.54) is 4.57 Å². The summed E-state index contributed by atoms with van der Waals surface area (Å²) in [5, 5.41) is 3.41. The molecule has 0 saturated heterocycles. The Kier molecular flexibility index (Phi) is 7.50. The molecular weight excluding hydrogens is 352 g/mol. The number of methoxy groups -OCH3 is 1. The molecular formula is C18H26N4O3S. The highest BCUT2D eigenvalue weighted by Gasteiger charge is 2.10. The van der Waals surface area contributed by atoms with Gasteiger partial charge < -0.3 is 19.9 Å². The second kappa shape index (κ2) is 9.61. The van der Waals surface area contributed by atoms with Gasteiger partial charge in [0.2, 0.25) is 0 Å². The van der Waals surface area contributed by atoms with E-state index < -0.39 is 0 Å². The van der Waals surface area contributed by atoms with Crippen LogP contribution in [0.3, 0.4) is 0 Å². The number of nitrogens with one attached hydrogen (secondary N) is 2. The molecule has 26 heavy (non-hydrogen) atoms. The average Bonchev–Trinajstić information content (AvgIpc) is 2.64. The number of rotatable bonds is 9. The Morgan fingerprint density at radius 1 is 1.35 bits per heavy atom. The van der Waals surface area contributed by atoms with Gasteiger partial charge in [-0.15, -0.1) is 0 Å². The van der Waals surface area contributed by atoms with Gasteiger partial charge in [0.25, 0.3) is 11.5 Å². The molecule has 142 valence electrons. The van der Waals surface area contributed by atoms with Crippen LogP contribution in [0, 0.1) is 4.77 Å². The highest BCUT2D eigenvalue weighted by atomic mass is 32.1. The summed E-state index contributed by atoms with van der Waals surface area (Å²) in [6.45, 7) is 8.26. The number of hydrogen-bond donors (Lipinski definition) is 2. The van der Waals surface area contributed by atoms with Crippen LogP contribution in [0.4, 0.5) is 0 Å². The fraction of sp³-hybridized carbons (Fsp3) is 0.500.